The average molecular weight is 284 g/mol. The molecule has 1 atom stereocenters. The number of nitrogens with zero attached hydrogens (tertiary/aromatic N) is 1. The molecule has 112 valence electrons. The van der Waals surface area contributed by atoms with Gasteiger partial charge in [0.2, 0.25) is 0 Å². The summed E-state index contributed by atoms with van der Waals surface area (Å²) in [7, 11) is 1.69. The summed E-state index contributed by atoms with van der Waals surface area (Å²) < 4.78 is 5.33. The molecule has 2 aromatic rings. The molecule has 3 heteroatoms. The van der Waals surface area contributed by atoms with E-state index in [1.54, 1.807) is 7.11 Å². The van der Waals surface area contributed by atoms with Gasteiger partial charge in [0.15, 0.2) is 0 Å². The Morgan fingerprint density at radius 3 is 2.52 bits per heavy atom. The lowest BCUT2D eigenvalue weighted by atomic mass is 10.0. The number of benzene rings is 2. The lowest BCUT2D eigenvalue weighted by Gasteiger charge is -2.32. The van der Waals surface area contributed by atoms with E-state index in [-0.39, 0.29) is 6.04 Å². The Balaban J connectivity index is 2.37. The summed E-state index contributed by atoms with van der Waals surface area (Å²) in [5, 5.41) is 0. The highest BCUT2D eigenvalue weighted by Gasteiger charge is 2.18. The molecule has 1 unspecified atom stereocenters. The number of aryl methyl sites for hydroxylation is 1. The SMILES string of the molecule is CCN(c1cccc(C)c1)C(CN)c1cccc(OC)c1. The second-order valence-electron chi connectivity index (χ2n) is 5.15. The number of nitrogens with two attached hydrogens (primary N) is 1. The minimum atomic E-state index is 0.145. The van der Waals surface area contributed by atoms with Crippen molar-refractivity contribution in [1.29, 1.82) is 0 Å². The van der Waals surface area contributed by atoms with Gasteiger partial charge in [0.05, 0.1) is 13.2 Å². The first-order valence-electron chi connectivity index (χ1n) is 7.37. The van der Waals surface area contributed by atoms with Crippen LogP contribution in [0.2, 0.25) is 0 Å². The second-order valence-corrected chi connectivity index (χ2v) is 5.15. The van der Waals surface area contributed by atoms with Crippen molar-refractivity contribution in [2.75, 3.05) is 25.1 Å². The van der Waals surface area contributed by atoms with Crippen LogP contribution in [0, 0.1) is 6.92 Å². The van der Waals surface area contributed by atoms with Gasteiger partial charge in [-0.3, -0.25) is 0 Å². The fourth-order valence-electron chi connectivity index (χ4n) is 2.68. The zero-order chi connectivity index (χ0) is 15.2. The summed E-state index contributed by atoms with van der Waals surface area (Å²) in [5.41, 5.74) is 9.71. The van der Waals surface area contributed by atoms with Crippen molar-refractivity contribution in [1.82, 2.24) is 0 Å². The van der Waals surface area contributed by atoms with Crippen LogP contribution >= 0.6 is 0 Å². The highest BCUT2D eigenvalue weighted by molar-refractivity contribution is 5.51. The first-order chi connectivity index (χ1) is 10.2. The summed E-state index contributed by atoms with van der Waals surface area (Å²) in [5.74, 6) is 0.867. The lowest BCUT2D eigenvalue weighted by molar-refractivity contribution is 0.413. The maximum Gasteiger partial charge on any atom is 0.119 e. The molecule has 0 aliphatic carbocycles. The van der Waals surface area contributed by atoms with Crippen LogP contribution in [0.3, 0.4) is 0 Å². The molecule has 0 aromatic heterocycles. The van der Waals surface area contributed by atoms with Crippen LogP contribution in [-0.2, 0) is 0 Å². The van der Waals surface area contributed by atoms with Gasteiger partial charge >= 0.3 is 0 Å². The summed E-state index contributed by atoms with van der Waals surface area (Å²) in [6.07, 6.45) is 0. The van der Waals surface area contributed by atoms with E-state index in [0.29, 0.717) is 6.54 Å². The molecule has 2 rings (SSSR count). The number of anilines is 1. The van der Waals surface area contributed by atoms with E-state index in [2.05, 4.69) is 55.1 Å². The molecule has 0 saturated carbocycles. The van der Waals surface area contributed by atoms with Crippen LogP contribution in [0.4, 0.5) is 5.69 Å². The summed E-state index contributed by atoms with van der Waals surface area (Å²) in [6.45, 7) is 5.74. The largest absolute Gasteiger partial charge is 0.497 e. The molecule has 0 saturated heterocycles. The fourth-order valence-corrected chi connectivity index (χ4v) is 2.68. The van der Waals surface area contributed by atoms with Crippen molar-refractivity contribution in [3.8, 4) is 5.75 Å². The summed E-state index contributed by atoms with van der Waals surface area (Å²) in [6, 6.07) is 16.8. The molecular weight excluding hydrogens is 260 g/mol. The molecule has 0 aliphatic heterocycles. The van der Waals surface area contributed by atoms with E-state index in [1.807, 2.05) is 12.1 Å². The highest BCUT2D eigenvalue weighted by Crippen LogP contribution is 2.28. The molecule has 2 N–H and O–H groups in total. The van der Waals surface area contributed by atoms with Gasteiger partial charge in [0.25, 0.3) is 0 Å². The molecule has 0 spiro atoms. The van der Waals surface area contributed by atoms with Gasteiger partial charge in [-0.15, -0.1) is 0 Å². The zero-order valence-electron chi connectivity index (χ0n) is 13.0. The van der Waals surface area contributed by atoms with Gasteiger partial charge in [-0.05, 0) is 49.2 Å². The van der Waals surface area contributed by atoms with Gasteiger partial charge in [-0.2, -0.15) is 0 Å². The Kier molecular flexibility index (Phi) is 5.23. The minimum Gasteiger partial charge on any atom is -0.497 e. The third-order valence-electron chi connectivity index (χ3n) is 3.75. The first-order valence-corrected chi connectivity index (χ1v) is 7.37. The van der Waals surface area contributed by atoms with Gasteiger partial charge in [0, 0.05) is 18.8 Å². The quantitative estimate of drug-likeness (QED) is 0.882. The Labute approximate surface area is 127 Å². The molecule has 0 aliphatic rings. The summed E-state index contributed by atoms with van der Waals surface area (Å²) in [4.78, 5) is 2.34. The van der Waals surface area contributed by atoms with E-state index in [1.165, 1.54) is 16.8 Å². The molecule has 0 fully saturated rings. The molecular formula is C18H24N2O. The van der Waals surface area contributed by atoms with Gasteiger partial charge in [-0.25, -0.2) is 0 Å². The maximum atomic E-state index is 6.07. The topological polar surface area (TPSA) is 38.5 Å². The number of hydrogen-bond acceptors (Lipinski definition) is 3. The van der Waals surface area contributed by atoms with Crippen molar-refractivity contribution in [2.24, 2.45) is 5.73 Å². The van der Waals surface area contributed by atoms with Gasteiger partial charge in [-0.1, -0.05) is 24.3 Å². The third-order valence-corrected chi connectivity index (χ3v) is 3.75. The maximum absolute atomic E-state index is 6.07. The van der Waals surface area contributed by atoms with Crippen LogP contribution in [0.25, 0.3) is 0 Å². The van der Waals surface area contributed by atoms with Crippen molar-refractivity contribution in [3.63, 3.8) is 0 Å². The number of likely N-dealkylation sites (N-methyl/N-ethyl adjacent to an activating group) is 1. The molecule has 2 aromatic carbocycles. The third kappa shape index (κ3) is 3.56. The zero-order valence-corrected chi connectivity index (χ0v) is 13.0. The van der Waals surface area contributed by atoms with Gasteiger partial charge < -0.3 is 15.4 Å². The van der Waals surface area contributed by atoms with Crippen molar-refractivity contribution < 1.29 is 4.74 Å². The number of methoxy groups -OCH3 is 1. The molecule has 0 bridgehead atoms. The molecule has 3 nitrogen and oxygen atoms in total. The molecule has 21 heavy (non-hydrogen) atoms. The fraction of sp³-hybridized carbons (Fsp3) is 0.333. The molecule has 0 radical (unpaired) electrons. The normalized spacial score (nSPS) is 12.0. The lowest BCUT2D eigenvalue weighted by Crippen LogP contribution is -2.33. The van der Waals surface area contributed by atoms with E-state index in [4.69, 9.17) is 10.5 Å². The average Bonchev–Trinajstić information content (AvgIpc) is 2.52. The van der Waals surface area contributed by atoms with E-state index in [9.17, 15) is 0 Å². The Hall–Kier alpha value is -2.00. The Morgan fingerprint density at radius 2 is 1.90 bits per heavy atom. The van der Waals surface area contributed by atoms with Crippen LogP contribution in [-0.4, -0.2) is 20.2 Å². The van der Waals surface area contributed by atoms with Crippen molar-refractivity contribution in [3.05, 3.63) is 59.7 Å². The number of rotatable bonds is 6. The van der Waals surface area contributed by atoms with E-state index in [0.717, 1.165) is 12.3 Å². The smallest absolute Gasteiger partial charge is 0.119 e. The molecule has 0 amide bonds. The van der Waals surface area contributed by atoms with Gasteiger partial charge in [0.1, 0.15) is 5.75 Å². The summed E-state index contributed by atoms with van der Waals surface area (Å²) >= 11 is 0. The standard InChI is InChI=1S/C18H24N2O/c1-4-20(16-9-5-7-14(2)11-16)18(13-19)15-8-6-10-17(12-15)21-3/h5-12,18H,4,13,19H2,1-3H3. The second kappa shape index (κ2) is 7.14. The predicted molar refractivity (Wildman–Crippen MR) is 89.0 cm³/mol. The highest BCUT2D eigenvalue weighted by atomic mass is 16.5. The minimum absolute atomic E-state index is 0.145. The Morgan fingerprint density at radius 1 is 1.14 bits per heavy atom. The van der Waals surface area contributed by atoms with Crippen LogP contribution in [0.1, 0.15) is 24.1 Å². The van der Waals surface area contributed by atoms with E-state index < -0.39 is 0 Å². The number of ether oxygens (including phenoxy) is 1. The van der Waals surface area contributed by atoms with Crippen molar-refractivity contribution in [2.45, 2.75) is 19.9 Å². The Bertz CT molecular complexity index is 583. The predicted octanol–water partition coefficient (Wildman–Crippen LogP) is 3.53. The molecule has 0 heterocycles. The monoisotopic (exact) mass is 284 g/mol. The number of hydrogen-bond donors (Lipinski definition) is 1. The van der Waals surface area contributed by atoms with Crippen LogP contribution in [0.15, 0.2) is 48.5 Å². The van der Waals surface area contributed by atoms with E-state index >= 15 is 0 Å². The van der Waals surface area contributed by atoms with Crippen LogP contribution < -0.4 is 15.4 Å². The first kappa shape index (κ1) is 15.4. The van der Waals surface area contributed by atoms with Crippen LogP contribution in [0.5, 0.6) is 5.75 Å². The van der Waals surface area contributed by atoms with Crippen molar-refractivity contribution >= 4 is 5.69 Å².